The lowest BCUT2D eigenvalue weighted by Crippen LogP contribution is -2.16. The van der Waals surface area contributed by atoms with E-state index in [1.54, 1.807) is 0 Å². The van der Waals surface area contributed by atoms with Crippen molar-refractivity contribution >= 4 is 22.6 Å². The molecule has 5 nitrogen and oxygen atoms in total. The van der Waals surface area contributed by atoms with Gasteiger partial charge in [-0.2, -0.15) is 4.37 Å². The van der Waals surface area contributed by atoms with E-state index < -0.39 is 5.97 Å². The molecule has 2 fully saturated rings. The number of rotatable bonds is 5. The van der Waals surface area contributed by atoms with Crippen LogP contribution in [0.2, 0.25) is 0 Å². The van der Waals surface area contributed by atoms with Crippen molar-refractivity contribution in [2.24, 2.45) is 5.92 Å². The van der Waals surface area contributed by atoms with Crippen molar-refractivity contribution < 1.29 is 9.90 Å². The SMILES string of the molecule is O=C(O)C[C@@H]1CC[C@H](Nc2nc(C3CCCC3)ns2)C1. The smallest absolute Gasteiger partial charge is 0.303 e. The van der Waals surface area contributed by atoms with Gasteiger partial charge in [0.25, 0.3) is 0 Å². The third kappa shape index (κ3) is 3.29. The van der Waals surface area contributed by atoms with Gasteiger partial charge < -0.3 is 10.4 Å². The molecular formula is C14H21N3O2S. The maximum Gasteiger partial charge on any atom is 0.303 e. The standard InChI is InChI=1S/C14H21N3O2S/c18-12(19)8-9-5-6-11(7-9)15-14-16-13(17-20-14)10-3-1-2-4-10/h9-11H,1-8H2,(H,18,19)(H,15,16,17)/t9-,11+/m1/s1. The molecule has 2 N–H and O–H groups in total. The quantitative estimate of drug-likeness (QED) is 0.872. The van der Waals surface area contributed by atoms with Crippen molar-refractivity contribution in [1.29, 1.82) is 0 Å². The summed E-state index contributed by atoms with van der Waals surface area (Å²) in [5, 5.41) is 13.2. The lowest BCUT2D eigenvalue weighted by atomic mass is 10.0. The Bertz CT molecular complexity index is 471. The van der Waals surface area contributed by atoms with E-state index in [1.807, 2.05) is 0 Å². The van der Waals surface area contributed by atoms with Gasteiger partial charge in [-0.1, -0.05) is 12.8 Å². The number of nitrogens with zero attached hydrogens (tertiary/aromatic N) is 2. The first-order chi connectivity index (χ1) is 9.70. The van der Waals surface area contributed by atoms with Crippen LogP contribution in [0.3, 0.4) is 0 Å². The molecule has 20 heavy (non-hydrogen) atoms. The van der Waals surface area contributed by atoms with Gasteiger partial charge in [-0.15, -0.1) is 0 Å². The predicted molar refractivity (Wildman–Crippen MR) is 78.1 cm³/mol. The Morgan fingerprint density at radius 3 is 2.85 bits per heavy atom. The highest BCUT2D eigenvalue weighted by Gasteiger charge is 2.27. The molecule has 0 bridgehead atoms. The number of aliphatic carboxylic acids is 1. The molecule has 0 aromatic carbocycles. The first-order valence-electron chi connectivity index (χ1n) is 7.52. The molecule has 0 aliphatic heterocycles. The van der Waals surface area contributed by atoms with Crippen LogP contribution in [0, 0.1) is 5.92 Å². The molecule has 1 aromatic heterocycles. The Balaban J connectivity index is 1.52. The van der Waals surface area contributed by atoms with E-state index in [4.69, 9.17) is 5.11 Å². The first kappa shape index (κ1) is 13.8. The zero-order valence-electron chi connectivity index (χ0n) is 11.5. The predicted octanol–water partition coefficient (Wildman–Crippen LogP) is 3.25. The average molecular weight is 295 g/mol. The second-order valence-electron chi connectivity index (χ2n) is 6.06. The maximum absolute atomic E-state index is 10.7. The van der Waals surface area contributed by atoms with Crippen LogP contribution in [0.4, 0.5) is 5.13 Å². The maximum atomic E-state index is 10.7. The Kier molecular flexibility index (Phi) is 4.19. The summed E-state index contributed by atoms with van der Waals surface area (Å²) in [7, 11) is 0. The fourth-order valence-corrected chi connectivity index (χ4v) is 4.18. The summed E-state index contributed by atoms with van der Waals surface area (Å²) in [4.78, 5) is 15.4. The van der Waals surface area contributed by atoms with Gasteiger partial charge in [-0.3, -0.25) is 4.79 Å². The molecule has 6 heteroatoms. The molecule has 2 saturated carbocycles. The fraction of sp³-hybridized carbons (Fsp3) is 0.786. The third-order valence-electron chi connectivity index (χ3n) is 4.49. The molecule has 110 valence electrons. The average Bonchev–Trinajstić information content (AvgIpc) is 3.09. The van der Waals surface area contributed by atoms with Crippen molar-refractivity contribution in [2.45, 2.75) is 63.3 Å². The van der Waals surface area contributed by atoms with Crippen LogP contribution in [0.5, 0.6) is 0 Å². The molecule has 2 aliphatic carbocycles. The number of carboxylic acids is 1. The van der Waals surface area contributed by atoms with Crippen molar-refractivity contribution in [2.75, 3.05) is 5.32 Å². The summed E-state index contributed by atoms with van der Waals surface area (Å²) in [6.07, 6.45) is 8.31. The van der Waals surface area contributed by atoms with Crippen molar-refractivity contribution in [3.8, 4) is 0 Å². The summed E-state index contributed by atoms with van der Waals surface area (Å²) < 4.78 is 4.48. The van der Waals surface area contributed by atoms with Gasteiger partial charge in [0.05, 0.1) is 0 Å². The summed E-state index contributed by atoms with van der Waals surface area (Å²) >= 11 is 1.45. The third-order valence-corrected chi connectivity index (χ3v) is 5.15. The monoisotopic (exact) mass is 295 g/mol. The number of carbonyl (C=O) groups is 1. The molecule has 2 atom stereocenters. The summed E-state index contributed by atoms with van der Waals surface area (Å²) in [5.74, 6) is 1.20. The van der Waals surface area contributed by atoms with E-state index in [-0.39, 0.29) is 0 Å². The van der Waals surface area contributed by atoms with Crippen molar-refractivity contribution in [3.05, 3.63) is 5.82 Å². The lowest BCUT2D eigenvalue weighted by Gasteiger charge is -2.11. The van der Waals surface area contributed by atoms with Crippen LogP contribution in [0.25, 0.3) is 0 Å². The molecule has 0 saturated heterocycles. The van der Waals surface area contributed by atoms with Gasteiger partial charge in [0, 0.05) is 29.9 Å². The molecule has 0 spiro atoms. The van der Waals surface area contributed by atoms with Crippen LogP contribution in [0.15, 0.2) is 0 Å². The molecule has 3 rings (SSSR count). The summed E-state index contributed by atoms with van der Waals surface area (Å²) in [6.45, 7) is 0. The minimum absolute atomic E-state index is 0.293. The highest BCUT2D eigenvalue weighted by atomic mass is 32.1. The number of nitrogens with one attached hydrogen (secondary N) is 1. The van der Waals surface area contributed by atoms with Crippen molar-refractivity contribution in [3.63, 3.8) is 0 Å². The van der Waals surface area contributed by atoms with E-state index in [1.165, 1.54) is 37.2 Å². The normalized spacial score (nSPS) is 27.0. The Morgan fingerprint density at radius 2 is 2.10 bits per heavy atom. The second kappa shape index (κ2) is 6.08. The van der Waals surface area contributed by atoms with Gasteiger partial charge in [0.15, 0.2) is 0 Å². The number of aromatic nitrogens is 2. The van der Waals surface area contributed by atoms with Crippen LogP contribution >= 0.6 is 11.5 Å². The molecule has 1 aromatic rings. The largest absolute Gasteiger partial charge is 0.481 e. The minimum Gasteiger partial charge on any atom is -0.481 e. The highest BCUT2D eigenvalue weighted by Crippen LogP contribution is 2.35. The number of carboxylic acid groups (broad SMARTS) is 1. The Hall–Kier alpha value is -1.17. The Morgan fingerprint density at radius 1 is 1.30 bits per heavy atom. The van der Waals surface area contributed by atoms with Crippen LogP contribution in [0.1, 0.15) is 63.1 Å². The van der Waals surface area contributed by atoms with Gasteiger partial charge in [0.2, 0.25) is 5.13 Å². The lowest BCUT2D eigenvalue weighted by molar-refractivity contribution is -0.138. The van der Waals surface area contributed by atoms with E-state index in [2.05, 4.69) is 14.7 Å². The topological polar surface area (TPSA) is 75.1 Å². The van der Waals surface area contributed by atoms with Gasteiger partial charge in [0.1, 0.15) is 5.82 Å². The summed E-state index contributed by atoms with van der Waals surface area (Å²) in [6, 6.07) is 0.365. The summed E-state index contributed by atoms with van der Waals surface area (Å²) in [5.41, 5.74) is 0. The molecule has 0 unspecified atom stereocenters. The van der Waals surface area contributed by atoms with Crippen LogP contribution in [-0.2, 0) is 4.79 Å². The minimum atomic E-state index is -0.685. The van der Waals surface area contributed by atoms with E-state index in [9.17, 15) is 4.79 Å². The van der Waals surface area contributed by atoms with Gasteiger partial charge in [-0.25, -0.2) is 4.98 Å². The number of anilines is 1. The first-order valence-corrected chi connectivity index (χ1v) is 8.30. The van der Waals surface area contributed by atoms with Gasteiger partial charge in [-0.05, 0) is 38.0 Å². The molecule has 2 aliphatic rings. The molecule has 1 heterocycles. The van der Waals surface area contributed by atoms with E-state index in [0.29, 0.717) is 24.3 Å². The number of hydrogen-bond acceptors (Lipinski definition) is 5. The van der Waals surface area contributed by atoms with Crippen molar-refractivity contribution in [1.82, 2.24) is 9.36 Å². The van der Waals surface area contributed by atoms with E-state index in [0.717, 1.165) is 30.2 Å². The second-order valence-corrected chi connectivity index (χ2v) is 6.81. The van der Waals surface area contributed by atoms with Gasteiger partial charge >= 0.3 is 5.97 Å². The fourth-order valence-electron chi connectivity index (χ4n) is 3.46. The van der Waals surface area contributed by atoms with Crippen LogP contribution < -0.4 is 5.32 Å². The van der Waals surface area contributed by atoms with E-state index >= 15 is 0 Å². The molecular weight excluding hydrogens is 274 g/mol. The Labute approximate surface area is 123 Å². The molecule has 0 amide bonds. The van der Waals surface area contributed by atoms with Crippen LogP contribution in [-0.4, -0.2) is 26.5 Å². The number of hydrogen-bond donors (Lipinski definition) is 2. The zero-order valence-corrected chi connectivity index (χ0v) is 12.4. The zero-order chi connectivity index (χ0) is 13.9. The highest BCUT2D eigenvalue weighted by molar-refractivity contribution is 7.09. The molecule has 0 radical (unpaired) electrons.